The van der Waals surface area contributed by atoms with Gasteiger partial charge in [-0.15, -0.1) is 0 Å². The maximum atomic E-state index is 11.5. The predicted molar refractivity (Wildman–Crippen MR) is 72.2 cm³/mol. The first kappa shape index (κ1) is 13.7. The van der Waals surface area contributed by atoms with Crippen LogP contribution in [0.1, 0.15) is 19.3 Å². The van der Waals surface area contributed by atoms with Gasteiger partial charge < -0.3 is 20.5 Å². The van der Waals surface area contributed by atoms with Crippen LogP contribution in [0.4, 0.5) is 0 Å². The van der Waals surface area contributed by atoms with Crippen LogP contribution in [-0.4, -0.2) is 31.7 Å². The summed E-state index contributed by atoms with van der Waals surface area (Å²) in [6.07, 6.45) is 2.13. The number of likely N-dealkylation sites (N-methyl/N-ethyl adjacent to an activating group) is 1. The molecule has 104 valence electrons. The van der Waals surface area contributed by atoms with Gasteiger partial charge in [0.15, 0.2) is 0 Å². The van der Waals surface area contributed by atoms with Crippen molar-refractivity contribution in [3.8, 4) is 11.5 Å². The van der Waals surface area contributed by atoms with E-state index in [9.17, 15) is 4.79 Å². The summed E-state index contributed by atoms with van der Waals surface area (Å²) in [6.45, 7) is 0. The average Bonchev–Trinajstić information content (AvgIpc) is 2.84. The monoisotopic (exact) mass is 264 g/mol. The van der Waals surface area contributed by atoms with Crippen molar-refractivity contribution in [2.45, 2.75) is 30.9 Å². The second-order valence-electron chi connectivity index (χ2n) is 4.85. The number of benzene rings is 1. The number of hydrogen-bond acceptors (Lipinski definition) is 4. The van der Waals surface area contributed by atoms with Gasteiger partial charge >= 0.3 is 0 Å². The highest BCUT2D eigenvalue weighted by molar-refractivity contribution is 5.85. The lowest BCUT2D eigenvalue weighted by Gasteiger charge is -2.24. The zero-order valence-corrected chi connectivity index (χ0v) is 11.3. The molecule has 2 atom stereocenters. The summed E-state index contributed by atoms with van der Waals surface area (Å²) in [5, 5.41) is 3.04. The molecule has 1 aromatic rings. The maximum absolute atomic E-state index is 11.5. The first-order valence-electron chi connectivity index (χ1n) is 6.39. The molecular weight excluding hydrogens is 244 g/mol. The maximum Gasteiger partial charge on any atom is 0.237 e. The summed E-state index contributed by atoms with van der Waals surface area (Å²) in [6, 6.07) is 7.43. The SMILES string of the molecule is CNC1(C(N)=O)CCC(Oc2ccc(OC)cc2)C1. The van der Waals surface area contributed by atoms with Crippen molar-refractivity contribution in [1.82, 2.24) is 5.32 Å². The van der Waals surface area contributed by atoms with E-state index in [0.29, 0.717) is 12.8 Å². The number of methoxy groups -OCH3 is 1. The Balaban J connectivity index is 1.99. The van der Waals surface area contributed by atoms with E-state index in [1.54, 1.807) is 14.2 Å². The first-order chi connectivity index (χ1) is 9.09. The lowest BCUT2D eigenvalue weighted by atomic mass is 9.97. The molecule has 3 N–H and O–H groups in total. The van der Waals surface area contributed by atoms with E-state index in [2.05, 4.69) is 5.32 Å². The number of nitrogens with two attached hydrogens (primary N) is 1. The highest BCUT2D eigenvalue weighted by atomic mass is 16.5. The van der Waals surface area contributed by atoms with Crippen molar-refractivity contribution in [2.24, 2.45) is 5.73 Å². The molecule has 5 heteroatoms. The van der Waals surface area contributed by atoms with Crippen LogP contribution in [0, 0.1) is 0 Å². The Hall–Kier alpha value is -1.75. The minimum Gasteiger partial charge on any atom is -0.497 e. The van der Waals surface area contributed by atoms with Gasteiger partial charge in [-0.2, -0.15) is 0 Å². The van der Waals surface area contributed by atoms with E-state index in [-0.39, 0.29) is 12.0 Å². The van der Waals surface area contributed by atoms with Gasteiger partial charge in [0, 0.05) is 6.42 Å². The molecule has 1 aromatic carbocycles. The van der Waals surface area contributed by atoms with Crippen LogP contribution in [-0.2, 0) is 4.79 Å². The van der Waals surface area contributed by atoms with Crippen molar-refractivity contribution in [2.75, 3.05) is 14.2 Å². The Morgan fingerprint density at radius 1 is 1.37 bits per heavy atom. The van der Waals surface area contributed by atoms with Gasteiger partial charge in [0.2, 0.25) is 5.91 Å². The Bertz CT molecular complexity index is 447. The van der Waals surface area contributed by atoms with Gasteiger partial charge in [-0.25, -0.2) is 0 Å². The molecule has 19 heavy (non-hydrogen) atoms. The van der Waals surface area contributed by atoms with E-state index in [1.165, 1.54) is 0 Å². The Morgan fingerprint density at radius 2 is 2.00 bits per heavy atom. The van der Waals surface area contributed by atoms with Gasteiger partial charge in [0.1, 0.15) is 23.1 Å². The number of carbonyl (C=O) groups excluding carboxylic acids is 1. The zero-order chi connectivity index (χ0) is 13.9. The Morgan fingerprint density at radius 3 is 2.47 bits per heavy atom. The molecule has 5 nitrogen and oxygen atoms in total. The molecular formula is C14H20N2O3. The topological polar surface area (TPSA) is 73.6 Å². The fourth-order valence-corrected chi connectivity index (χ4v) is 2.52. The summed E-state index contributed by atoms with van der Waals surface area (Å²) in [5.74, 6) is 1.26. The van der Waals surface area contributed by atoms with Gasteiger partial charge in [-0.1, -0.05) is 0 Å². The predicted octanol–water partition coefficient (Wildman–Crippen LogP) is 1.07. The average molecular weight is 264 g/mol. The molecule has 1 fully saturated rings. The van der Waals surface area contributed by atoms with Gasteiger partial charge in [-0.3, -0.25) is 4.79 Å². The van der Waals surface area contributed by atoms with Crippen molar-refractivity contribution in [3.05, 3.63) is 24.3 Å². The number of rotatable bonds is 5. The van der Waals surface area contributed by atoms with E-state index in [0.717, 1.165) is 17.9 Å². The lowest BCUT2D eigenvalue weighted by molar-refractivity contribution is -0.124. The van der Waals surface area contributed by atoms with Crippen molar-refractivity contribution < 1.29 is 14.3 Å². The molecule has 2 rings (SSSR count). The number of amides is 1. The normalized spacial score (nSPS) is 26.1. The molecule has 1 aliphatic rings. The van der Waals surface area contributed by atoms with Crippen LogP contribution >= 0.6 is 0 Å². The zero-order valence-electron chi connectivity index (χ0n) is 11.3. The smallest absolute Gasteiger partial charge is 0.237 e. The lowest BCUT2D eigenvalue weighted by Crippen LogP contribution is -2.52. The largest absolute Gasteiger partial charge is 0.497 e. The molecule has 0 spiro atoms. The molecule has 0 aliphatic heterocycles. The Kier molecular flexibility index (Phi) is 3.95. The summed E-state index contributed by atoms with van der Waals surface area (Å²) in [4.78, 5) is 11.5. The third-order valence-corrected chi connectivity index (χ3v) is 3.78. The number of hydrogen-bond donors (Lipinski definition) is 2. The number of carbonyl (C=O) groups is 1. The van der Waals surface area contributed by atoms with E-state index in [1.807, 2.05) is 24.3 Å². The molecule has 0 aromatic heterocycles. The van der Waals surface area contributed by atoms with Crippen LogP contribution < -0.4 is 20.5 Å². The third-order valence-electron chi connectivity index (χ3n) is 3.78. The van der Waals surface area contributed by atoms with Gasteiger partial charge in [0.05, 0.1) is 7.11 Å². The quantitative estimate of drug-likeness (QED) is 0.834. The second-order valence-corrected chi connectivity index (χ2v) is 4.85. The number of ether oxygens (including phenoxy) is 2. The van der Waals surface area contributed by atoms with Gasteiger partial charge in [0.25, 0.3) is 0 Å². The summed E-state index contributed by atoms with van der Waals surface area (Å²) < 4.78 is 11.0. The fourth-order valence-electron chi connectivity index (χ4n) is 2.52. The van der Waals surface area contributed by atoms with Crippen molar-refractivity contribution in [3.63, 3.8) is 0 Å². The van der Waals surface area contributed by atoms with Crippen molar-refractivity contribution in [1.29, 1.82) is 0 Å². The minimum absolute atomic E-state index is 0.00773. The highest BCUT2D eigenvalue weighted by Crippen LogP contribution is 2.32. The number of nitrogens with one attached hydrogen (secondary N) is 1. The van der Waals surface area contributed by atoms with Crippen LogP contribution in [0.25, 0.3) is 0 Å². The van der Waals surface area contributed by atoms with Crippen LogP contribution in [0.15, 0.2) is 24.3 Å². The Labute approximate surface area is 113 Å². The molecule has 0 bridgehead atoms. The van der Waals surface area contributed by atoms with E-state index in [4.69, 9.17) is 15.2 Å². The summed E-state index contributed by atoms with van der Waals surface area (Å²) in [5.41, 5.74) is 4.84. The number of primary amides is 1. The van der Waals surface area contributed by atoms with Crippen LogP contribution in [0.5, 0.6) is 11.5 Å². The van der Waals surface area contributed by atoms with E-state index < -0.39 is 5.54 Å². The summed E-state index contributed by atoms with van der Waals surface area (Å²) >= 11 is 0. The molecule has 0 radical (unpaired) electrons. The standard InChI is InChI=1S/C14H20N2O3/c1-16-14(13(15)17)8-7-12(9-14)19-11-5-3-10(18-2)4-6-11/h3-6,12,16H,7-9H2,1-2H3,(H2,15,17). The fraction of sp³-hybridized carbons (Fsp3) is 0.500. The van der Waals surface area contributed by atoms with Crippen LogP contribution in [0.3, 0.4) is 0 Å². The minimum atomic E-state index is -0.628. The highest BCUT2D eigenvalue weighted by Gasteiger charge is 2.43. The molecule has 0 heterocycles. The molecule has 2 unspecified atom stereocenters. The summed E-state index contributed by atoms with van der Waals surface area (Å²) in [7, 11) is 3.39. The van der Waals surface area contributed by atoms with Gasteiger partial charge in [-0.05, 0) is 44.2 Å². The third kappa shape index (κ3) is 2.81. The van der Waals surface area contributed by atoms with E-state index >= 15 is 0 Å². The van der Waals surface area contributed by atoms with Crippen LogP contribution in [0.2, 0.25) is 0 Å². The second kappa shape index (κ2) is 5.48. The molecule has 0 saturated heterocycles. The molecule has 1 aliphatic carbocycles. The molecule has 1 saturated carbocycles. The van der Waals surface area contributed by atoms with Crippen molar-refractivity contribution >= 4 is 5.91 Å². The molecule has 1 amide bonds. The first-order valence-corrected chi connectivity index (χ1v) is 6.39.